The summed E-state index contributed by atoms with van der Waals surface area (Å²) in [6.45, 7) is 1.92. The number of carbonyl (C=O) groups is 3. The van der Waals surface area contributed by atoms with Crippen LogP contribution in [0.1, 0.15) is 27.6 Å². The number of hydrogen-bond acceptors (Lipinski definition) is 6. The average molecular weight is 353 g/mol. The number of benzene rings is 2. The van der Waals surface area contributed by atoms with Gasteiger partial charge in [0.05, 0.1) is 25.0 Å². The molecule has 0 atom stereocenters. The standard InChI is InChI=1S/C20H19NO5/c1-3-26-19(23)15-11-7-8-12-16(15)21-17(20(24)25-2)13-18(22)14-9-5-4-6-10-14/h4-13,21H,3H2,1-2H3/b17-13-. The molecular formula is C20H19NO5. The fourth-order valence-electron chi connectivity index (χ4n) is 2.20. The zero-order chi connectivity index (χ0) is 18.9. The van der Waals surface area contributed by atoms with Gasteiger partial charge in [-0.15, -0.1) is 0 Å². The summed E-state index contributed by atoms with van der Waals surface area (Å²) in [6, 6.07) is 15.1. The van der Waals surface area contributed by atoms with Crippen molar-refractivity contribution in [3.8, 4) is 0 Å². The van der Waals surface area contributed by atoms with E-state index in [9.17, 15) is 14.4 Å². The van der Waals surface area contributed by atoms with Crippen LogP contribution in [0.25, 0.3) is 0 Å². The van der Waals surface area contributed by atoms with Gasteiger partial charge >= 0.3 is 11.9 Å². The molecular weight excluding hydrogens is 334 g/mol. The van der Waals surface area contributed by atoms with Crippen molar-refractivity contribution < 1.29 is 23.9 Å². The lowest BCUT2D eigenvalue weighted by molar-refractivity contribution is -0.135. The van der Waals surface area contributed by atoms with E-state index in [-0.39, 0.29) is 23.7 Å². The zero-order valence-corrected chi connectivity index (χ0v) is 14.5. The van der Waals surface area contributed by atoms with E-state index in [0.29, 0.717) is 11.3 Å². The van der Waals surface area contributed by atoms with Crippen molar-refractivity contribution in [2.45, 2.75) is 6.92 Å². The molecule has 0 fully saturated rings. The van der Waals surface area contributed by atoms with E-state index >= 15 is 0 Å². The molecule has 2 rings (SSSR count). The number of methoxy groups -OCH3 is 1. The van der Waals surface area contributed by atoms with Gasteiger partial charge in [-0.3, -0.25) is 4.79 Å². The van der Waals surface area contributed by atoms with Gasteiger partial charge in [-0.05, 0) is 19.1 Å². The van der Waals surface area contributed by atoms with Gasteiger partial charge in [-0.1, -0.05) is 42.5 Å². The largest absolute Gasteiger partial charge is 0.464 e. The number of anilines is 1. The highest BCUT2D eigenvalue weighted by Crippen LogP contribution is 2.19. The Morgan fingerprint density at radius 3 is 2.31 bits per heavy atom. The number of esters is 2. The summed E-state index contributed by atoms with van der Waals surface area (Å²) in [5.74, 6) is -1.63. The first-order valence-corrected chi connectivity index (χ1v) is 7.99. The SMILES string of the molecule is CCOC(=O)c1ccccc1N/C(=C\C(=O)c1ccccc1)C(=O)OC. The summed E-state index contributed by atoms with van der Waals surface area (Å²) in [5.41, 5.74) is 0.923. The van der Waals surface area contributed by atoms with Crippen molar-refractivity contribution >= 4 is 23.4 Å². The van der Waals surface area contributed by atoms with Gasteiger partial charge in [-0.2, -0.15) is 0 Å². The molecule has 6 nitrogen and oxygen atoms in total. The number of para-hydroxylation sites is 1. The Hall–Kier alpha value is -3.41. The Morgan fingerprint density at radius 2 is 1.65 bits per heavy atom. The first kappa shape index (κ1) is 18.9. The number of nitrogens with one attached hydrogen (secondary N) is 1. The molecule has 0 radical (unpaired) electrons. The molecule has 0 unspecified atom stereocenters. The molecule has 1 N–H and O–H groups in total. The maximum atomic E-state index is 12.4. The minimum absolute atomic E-state index is 0.0851. The van der Waals surface area contributed by atoms with Crippen LogP contribution >= 0.6 is 0 Å². The van der Waals surface area contributed by atoms with Crippen molar-refractivity contribution in [3.05, 3.63) is 77.5 Å². The van der Waals surface area contributed by atoms with Gasteiger partial charge < -0.3 is 14.8 Å². The molecule has 0 saturated heterocycles. The fourth-order valence-corrected chi connectivity index (χ4v) is 2.20. The smallest absolute Gasteiger partial charge is 0.354 e. The van der Waals surface area contributed by atoms with E-state index < -0.39 is 11.9 Å². The monoisotopic (exact) mass is 353 g/mol. The maximum absolute atomic E-state index is 12.4. The molecule has 6 heteroatoms. The van der Waals surface area contributed by atoms with Crippen LogP contribution in [0.15, 0.2) is 66.4 Å². The van der Waals surface area contributed by atoms with Crippen LogP contribution in [0.2, 0.25) is 0 Å². The van der Waals surface area contributed by atoms with Gasteiger partial charge in [0, 0.05) is 11.6 Å². The van der Waals surface area contributed by atoms with Crippen LogP contribution in [0.4, 0.5) is 5.69 Å². The van der Waals surface area contributed by atoms with Gasteiger partial charge in [-0.25, -0.2) is 9.59 Å². The quantitative estimate of drug-likeness (QED) is 0.468. The maximum Gasteiger partial charge on any atom is 0.354 e. The molecule has 0 aliphatic rings. The Labute approximate surface area is 151 Å². The van der Waals surface area contributed by atoms with Gasteiger partial charge in [0.25, 0.3) is 0 Å². The highest BCUT2D eigenvalue weighted by atomic mass is 16.5. The van der Waals surface area contributed by atoms with Crippen molar-refractivity contribution in [3.63, 3.8) is 0 Å². The minimum Gasteiger partial charge on any atom is -0.464 e. The second-order valence-electron chi connectivity index (χ2n) is 5.17. The molecule has 2 aromatic carbocycles. The predicted molar refractivity (Wildman–Crippen MR) is 96.9 cm³/mol. The molecule has 0 amide bonds. The number of ketones is 1. The first-order chi connectivity index (χ1) is 12.6. The van der Waals surface area contributed by atoms with E-state index in [2.05, 4.69) is 5.32 Å². The van der Waals surface area contributed by atoms with Crippen LogP contribution in [-0.4, -0.2) is 31.4 Å². The van der Waals surface area contributed by atoms with Crippen molar-refractivity contribution in [1.29, 1.82) is 0 Å². The normalized spacial score (nSPS) is 10.8. The molecule has 0 heterocycles. The lowest BCUT2D eigenvalue weighted by Gasteiger charge is -2.13. The highest BCUT2D eigenvalue weighted by Gasteiger charge is 2.17. The van der Waals surface area contributed by atoms with E-state index in [1.165, 1.54) is 7.11 Å². The van der Waals surface area contributed by atoms with Crippen LogP contribution in [-0.2, 0) is 14.3 Å². The Balaban J connectivity index is 2.35. The van der Waals surface area contributed by atoms with Crippen LogP contribution in [0, 0.1) is 0 Å². The average Bonchev–Trinajstić information content (AvgIpc) is 2.68. The van der Waals surface area contributed by atoms with E-state index in [0.717, 1.165) is 6.08 Å². The Kier molecular flexibility index (Phi) is 6.68. The summed E-state index contributed by atoms with van der Waals surface area (Å²) in [5, 5.41) is 2.80. The van der Waals surface area contributed by atoms with E-state index in [1.54, 1.807) is 61.5 Å². The van der Waals surface area contributed by atoms with Crippen molar-refractivity contribution in [1.82, 2.24) is 0 Å². The summed E-state index contributed by atoms with van der Waals surface area (Å²) < 4.78 is 9.74. The van der Waals surface area contributed by atoms with E-state index in [4.69, 9.17) is 9.47 Å². The van der Waals surface area contributed by atoms with Crippen molar-refractivity contribution in [2.24, 2.45) is 0 Å². The van der Waals surface area contributed by atoms with E-state index in [1.807, 2.05) is 0 Å². The number of allylic oxidation sites excluding steroid dienone is 1. The Morgan fingerprint density at radius 1 is 1.00 bits per heavy atom. The summed E-state index contributed by atoms with van der Waals surface area (Å²) >= 11 is 0. The van der Waals surface area contributed by atoms with Gasteiger partial charge in [0.2, 0.25) is 0 Å². The number of rotatable bonds is 7. The molecule has 0 bridgehead atoms. The molecule has 0 saturated carbocycles. The van der Waals surface area contributed by atoms with Crippen molar-refractivity contribution in [2.75, 3.05) is 19.0 Å². The third-order valence-corrected chi connectivity index (χ3v) is 3.43. The summed E-state index contributed by atoms with van der Waals surface area (Å²) in [7, 11) is 1.21. The molecule has 0 aromatic heterocycles. The third-order valence-electron chi connectivity index (χ3n) is 3.43. The second kappa shape index (κ2) is 9.17. The Bertz CT molecular complexity index is 827. The number of carbonyl (C=O) groups excluding carboxylic acids is 3. The molecule has 0 aliphatic carbocycles. The topological polar surface area (TPSA) is 81.7 Å². The third kappa shape index (κ3) is 4.80. The molecule has 26 heavy (non-hydrogen) atoms. The lowest BCUT2D eigenvalue weighted by atomic mass is 10.1. The second-order valence-corrected chi connectivity index (χ2v) is 5.17. The fraction of sp³-hybridized carbons (Fsp3) is 0.150. The summed E-state index contributed by atoms with van der Waals surface area (Å²) in [6.07, 6.45) is 1.14. The molecule has 0 aliphatic heterocycles. The lowest BCUT2D eigenvalue weighted by Crippen LogP contribution is -2.17. The molecule has 0 spiro atoms. The highest BCUT2D eigenvalue weighted by molar-refractivity contribution is 6.10. The van der Waals surface area contributed by atoms with Gasteiger partial charge in [0.1, 0.15) is 5.70 Å². The molecule has 134 valence electrons. The number of hydrogen-bond donors (Lipinski definition) is 1. The van der Waals surface area contributed by atoms with Gasteiger partial charge in [0.15, 0.2) is 5.78 Å². The van der Waals surface area contributed by atoms with Crippen LogP contribution in [0.3, 0.4) is 0 Å². The van der Waals surface area contributed by atoms with Crippen LogP contribution in [0.5, 0.6) is 0 Å². The first-order valence-electron chi connectivity index (χ1n) is 7.99. The van der Waals surface area contributed by atoms with Crippen LogP contribution < -0.4 is 5.32 Å². The predicted octanol–water partition coefficient (Wildman–Crippen LogP) is 3.22. The summed E-state index contributed by atoms with van der Waals surface area (Å²) in [4.78, 5) is 36.5. The number of ether oxygens (including phenoxy) is 2. The zero-order valence-electron chi connectivity index (χ0n) is 14.5. The minimum atomic E-state index is -0.729. The molecule has 2 aromatic rings.